The van der Waals surface area contributed by atoms with Gasteiger partial charge >= 0.3 is 0 Å². The van der Waals surface area contributed by atoms with Gasteiger partial charge in [0.05, 0.1) is 13.7 Å². The lowest BCUT2D eigenvalue weighted by Crippen LogP contribution is -2.62. The van der Waals surface area contributed by atoms with Crippen molar-refractivity contribution >= 4 is 15.7 Å². The van der Waals surface area contributed by atoms with E-state index in [2.05, 4.69) is 5.32 Å². The van der Waals surface area contributed by atoms with E-state index in [0.29, 0.717) is 49.8 Å². The predicted molar refractivity (Wildman–Crippen MR) is 145 cm³/mol. The number of rotatable bonds is 12. The van der Waals surface area contributed by atoms with E-state index in [4.69, 9.17) is 14.2 Å². The summed E-state index contributed by atoms with van der Waals surface area (Å²) >= 11 is 0. The number of sulfone groups is 1. The van der Waals surface area contributed by atoms with E-state index < -0.39 is 14.7 Å². The highest BCUT2D eigenvalue weighted by molar-refractivity contribution is 7.92. The maximum Gasteiger partial charge on any atom is 0.255 e. The van der Waals surface area contributed by atoms with Crippen LogP contribution in [0.25, 0.3) is 0 Å². The molecule has 0 radical (unpaired) electrons. The van der Waals surface area contributed by atoms with Gasteiger partial charge in [-0.3, -0.25) is 4.79 Å². The molecule has 0 saturated carbocycles. The van der Waals surface area contributed by atoms with Crippen LogP contribution in [0.5, 0.6) is 11.5 Å². The molecule has 9 heteroatoms. The summed E-state index contributed by atoms with van der Waals surface area (Å²) in [4.78, 5) is 14.2. The molecular formula is C28H40N2O6S. The van der Waals surface area contributed by atoms with Gasteiger partial charge in [-0.1, -0.05) is 30.3 Å². The molecular weight excluding hydrogens is 492 g/mol. The summed E-state index contributed by atoms with van der Waals surface area (Å²) in [7, 11) is -0.569. The first-order valence-electron chi connectivity index (χ1n) is 12.6. The van der Waals surface area contributed by atoms with Gasteiger partial charge in [-0.05, 0) is 44.5 Å². The molecule has 1 aliphatic heterocycles. The number of benzene rings is 2. The van der Waals surface area contributed by atoms with Crippen LogP contribution in [0.1, 0.15) is 49.0 Å². The first kappa shape index (κ1) is 28.9. The molecule has 1 unspecified atom stereocenters. The summed E-state index contributed by atoms with van der Waals surface area (Å²) in [6.45, 7) is 7.47. The average Bonchev–Trinajstić information content (AvgIpc) is 3.36. The first-order valence-corrected chi connectivity index (χ1v) is 14.5. The number of methoxy groups -OCH3 is 2. The van der Waals surface area contributed by atoms with E-state index in [0.717, 1.165) is 5.56 Å². The van der Waals surface area contributed by atoms with Gasteiger partial charge in [-0.15, -0.1) is 0 Å². The molecule has 0 aromatic heterocycles. The summed E-state index contributed by atoms with van der Waals surface area (Å²) in [6, 6.07) is 14.5. The molecule has 2 aromatic carbocycles. The Labute approximate surface area is 221 Å². The zero-order valence-electron chi connectivity index (χ0n) is 22.7. The van der Waals surface area contributed by atoms with Crippen LogP contribution in [0.3, 0.4) is 0 Å². The van der Waals surface area contributed by atoms with Crippen molar-refractivity contribution in [1.29, 1.82) is 0 Å². The number of amides is 1. The molecule has 37 heavy (non-hydrogen) atoms. The number of nitrogens with zero attached hydrogens (tertiary/aromatic N) is 1. The molecule has 3 atom stereocenters. The van der Waals surface area contributed by atoms with E-state index >= 15 is 0 Å². The molecule has 1 fully saturated rings. The molecule has 0 aliphatic carbocycles. The minimum atomic E-state index is -3.73. The minimum Gasteiger partial charge on any atom is -0.493 e. The third kappa shape index (κ3) is 6.10. The fourth-order valence-electron chi connectivity index (χ4n) is 5.32. The van der Waals surface area contributed by atoms with Gasteiger partial charge in [0.25, 0.3) is 5.91 Å². The lowest BCUT2D eigenvalue weighted by atomic mass is 9.82. The SMILES string of the molecule is COCCCOc1cc(C(=O)N(C(C)C)C(C)([C@@H]2CNC[C@@H]2c2ccccc2)S(C)(=O)=O)ccc1OC. The smallest absolute Gasteiger partial charge is 0.255 e. The highest BCUT2D eigenvalue weighted by Gasteiger charge is 2.55. The number of carbonyl (C=O) groups excluding carboxylic acids is 1. The quantitative estimate of drug-likeness (QED) is 0.416. The third-order valence-electron chi connectivity index (χ3n) is 7.26. The van der Waals surface area contributed by atoms with E-state index in [1.54, 1.807) is 32.2 Å². The summed E-state index contributed by atoms with van der Waals surface area (Å²) in [5.74, 6) is 0.148. The Morgan fingerprint density at radius 1 is 1.08 bits per heavy atom. The monoisotopic (exact) mass is 532 g/mol. The summed E-state index contributed by atoms with van der Waals surface area (Å²) in [6.07, 6.45) is 1.91. The van der Waals surface area contributed by atoms with Crippen LogP contribution >= 0.6 is 0 Å². The second-order valence-electron chi connectivity index (χ2n) is 9.94. The molecule has 1 aliphatic rings. The van der Waals surface area contributed by atoms with Crippen LogP contribution < -0.4 is 14.8 Å². The number of nitrogens with one attached hydrogen (secondary N) is 1. The maximum atomic E-state index is 14.1. The van der Waals surface area contributed by atoms with Crippen LogP contribution in [0, 0.1) is 5.92 Å². The molecule has 1 heterocycles. The van der Waals surface area contributed by atoms with Gasteiger partial charge < -0.3 is 24.4 Å². The largest absolute Gasteiger partial charge is 0.493 e. The Morgan fingerprint density at radius 3 is 2.38 bits per heavy atom. The fraction of sp³-hybridized carbons (Fsp3) is 0.536. The van der Waals surface area contributed by atoms with Gasteiger partial charge in [0.2, 0.25) is 0 Å². The Bertz CT molecular complexity index is 1150. The summed E-state index contributed by atoms with van der Waals surface area (Å²) in [5.41, 5.74) is 1.40. The Kier molecular flexibility index (Phi) is 9.61. The van der Waals surface area contributed by atoms with Crippen LogP contribution in [0.15, 0.2) is 48.5 Å². The molecule has 3 rings (SSSR count). The van der Waals surface area contributed by atoms with E-state index in [1.807, 2.05) is 44.2 Å². The standard InChI is InChI=1S/C28H40N2O6S/c1-20(2)30(27(31)22-13-14-25(35-5)26(17-22)36-16-10-15-34-4)28(3,37(6,32)33)24-19-29-18-23(24)21-11-8-7-9-12-21/h7-9,11-14,17,20,23-24,29H,10,15-16,18-19H2,1-6H3/t23-,24-,28?/m1/s1. The van der Waals surface area contributed by atoms with E-state index in [-0.39, 0.29) is 23.8 Å². The Hall–Kier alpha value is -2.62. The van der Waals surface area contributed by atoms with Crippen LogP contribution in [0.2, 0.25) is 0 Å². The summed E-state index contributed by atoms with van der Waals surface area (Å²) in [5, 5.41) is 3.38. The molecule has 1 N–H and O–H groups in total. The van der Waals surface area contributed by atoms with Crippen LogP contribution in [-0.2, 0) is 14.6 Å². The normalized spacial score (nSPS) is 19.4. The zero-order chi connectivity index (χ0) is 27.2. The number of ether oxygens (including phenoxy) is 3. The fourth-order valence-corrected chi connectivity index (χ4v) is 6.77. The van der Waals surface area contributed by atoms with Gasteiger partial charge in [0.1, 0.15) is 4.87 Å². The molecule has 1 amide bonds. The third-order valence-corrected chi connectivity index (χ3v) is 9.26. The van der Waals surface area contributed by atoms with Crippen molar-refractivity contribution in [2.75, 3.05) is 46.8 Å². The number of carbonyl (C=O) groups is 1. The molecule has 2 aromatic rings. The van der Waals surface area contributed by atoms with E-state index in [9.17, 15) is 13.2 Å². The van der Waals surface area contributed by atoms with E-state index in [1.165, 1.54) is 18.3 Å². The Balaban J connectivity index is 2.04. The van der Waals surface area contributed by atoms with Crippen LogP contribution in [-0.4, -0.2) is 76.9 Å². The van der Waals surface area contributed by atoms with Crippen molar-refractivity contribution in [2.45, 2.75) is 44.0 Å². The second kappa shape index (κ2) is 12.3. The first-order chi connectivity index (χ1) is 17.6. The summed E-state index contributed by atoms with van der Waals surface area (Å²) < 4.78 is 43.6. The highest BCUT2D eigenvalue weighted by Crippen LogP contribution is 2.43. The molecule has 8 nitrogen and oxygen atoms in total. The van der Waals surface area contributed by atoms with Gasteiger partial charge in [0.15, 0.2) is 21.3 Å². The van der Waals surface area contributed by atoms with Crippen molar-refractivity contribution in [3.8, 4) is 11.5 Å². The minimum absolute atomic E-state index is 0.0643. The van der Waals surface area contributed by atoms with Crippen molar-refractivity contribution in [2.24, 2.45) is 5.92 Å². The van der Waals surface area contributed by atoms with Crippen molar-refractivity contribution in [3.05, 3.63) is 59.7 Å². The molecule has 0 spiro atoms. The zero-order valence-corrected chi connectivity index (χ0v) is 23.5. The topological polar surface area (TPSA) is 94.2 Å². The maximum absolute atomic E-state index is 14.1. The molecule has 0 bridgehead atoms. The molecule has 204 valence electrons. The van der Waals surface area contributed by atoms with Crippen molar-refractivity contribution < 1.29 is 27.4 Å². The highest BCUT2D eigenvalue weighted by atomic mass is 32.2. The van der Waals surface area contributed by atoms with Gasteiger partial charge in [-0.25, -0.2) is 8.42 Å². The second-order valence-corrected chi connectivity index (χ2v) is 12.3. The average molecular weight is 533 g/mol. The number of hydrogen-bond donors (Lipinski definition) is 1. The lowest BCUT2D eigenvalue weighted by molar-refractivity contribution is 0.0452. The van der Waals surface area contributed by atoms with Crippen LogP contribution in [0.4, 0.5) is 0 Å². The van der Waals surface area contributed by atoms with Crippen molar-refractivity contribution in [1.82, 2.24) is 10.2 Å². The number of hydrogen-bond acceptors (Lipinski definition) is 7. The lowest BCUT2D eigenvalue weighted by Gasteiger charge is -2.47. The Morgan fingerprint density at radius 2 is 1.78 bits per heavy atom. The van der Waals surface area contributed by atoms with Gasteiger partial charge in [-0.2, -0.15) is 0 Å². The van der Waals surface area contributed by atoms with Gasteiger partial charge in [0, 0.05) is 62.9 Å². The molecule has 1 saturated heterocycles. The van der Waals surface area contributed by atoms with Crippen molar-refractivity contribution in [3.63, 3.8) is 0 Å². The predicted octanol–water partition coefficient (Wildman–Crippen LogP) is 3.73.